The normalized spacial score (nSPS) is 16.9. The van der Waals surface area contributed by atoms with Crippen LogP contribution in [0, 0.1) is 6.92 Å². The lowest BCUT2D eigenvalue weighted by molar-refractivity contribution is 0.0542. The van der Waals surface area contributed by atoms with Crippen molar-refractivity contribution in [3.05, 3.63) is 35.5 Å². The third kappa shape index (κ3) is 3.85. The van der Waals surface area contributed by atoms with Gasteiger partial charge >= 0.3 is 0 Å². The van der Waals surface area contributed by atoms with Crippen LogP contribution in [0.5, 0.6) is 5.88 Å². The molecule has 8 nitrogen and oxygen atoms in total. The Labute approximate surface area is 153 Å². The van der Waals surface area contributed by atoms with Gasteiger partial charge in [0, 0.05) is 30.9 Å². The number of likely N-dealkylation sites (N-methyl/N-ethyl adjacent to an activating group) is 1. The van der Waals surface area contributed by atoms with Gasteiger partial charge in [-0.2, -0.15) is 0 Å². The zero-order valence-electron chi connectivity index (χ0n) is 16.0. The van der Waals surface area contributed by atoms with Crippen molar-refractivity contribution in [3.8, 4) is 5.88 Å². The maximum atomic E-state index is 13.2. The molecule has 0 saturated carbocycles. The van der Waals surface area contributed by atoms with Crippen molar-refractivity contribution in [3.63, 3.8) is 0 Å². The van der Waals surface area contributed by atoms with Crippen LogP contribution >= 0.6 is 0 Å². The molecule has 1 unspecified atom stereocenters. The molecule has 0 N–H and O–H groups in total. The van der Waals surface area contributed by atoms with Crippen molar-refractivity contribution in [2.24, 2.45) is 0 Å². The highest BCUT2D eigenvalue weighted by Crippen LogP contribution is 2.22. The molecule has 3 rings (SSSR count). The molecule has 0 aliphatic carbocycles. The zero-order chi connectivity index (χ0) is 18.8. The number of fused-ring (bicyclic) bond motifs is 1. The first-order valence-electron chi connectivity index (χ1n) is 8.82. The second kappa shape index (κ2) is 7.41. The van der Waals surface area contributed by atoms with Gasteiger partial charge in [0.1, 0.15) is 5.82 Å². The van der Waals surface area contributed by atoms with Gasteiger partial charge in [-0.05, 0) is 40.9 Å². The molecule has 26 heavy (non-hydrogen) atoms. The van der Waals surface area contributed by atoms with E-state index in [1.807, 2.05) is 39.8 Å². The van der Waals surface area contributed by atoms with E-state index in [9.17, 15) is 4.79 Å². The average molecular weight is 358 g/mol. The number of hydrogen-bond acceptors (Lipinski definition) is 6. The Balaban J connectivity index is 1.88. The van der Waals surface area contributed by atoms with E-state index < -0.39 is 0 Å². The minimum absolute atomic E-state index is 0.00542. The molecule has 1 aliphatic rings. The van der Waals surface area contributed by atoms with Gasteiger partial charge in [-0.15, -0.1) is 10.2 Å². The van der Waals surface area contributed by atoms with Crippen molar-refractivity contribution in [2.75, 3.05) is 20.6 Å². The summed E-state index contributed by atoms with van der Waals surface area (Å²) in [6.07, 6.45) is 1.62. The maximum absolute atomic E-state index is 13.2. The molecule has 8 heteroatoms. The number of aryl methyl sites for hydroxylation is 1. The fraction of sp³-hybridized carbons (Fsp3) is 0.556. The average Bonchev–Trinajstić information content (AvgIpc) is 2.93. The van der Waals surface area contributed by atoms with Gasteiger partial charge in [-0.3, -0.25) is 4.79 Å². The van der Waals surface area contributed by atoms with Crippen LogP contribution in [0.15, 0.2) is 18.3 Å². The van der Waals surface area contributed by atoms with Crippen LogP contribution in [0.25, 0.3) is 0 Å². The number of pyridine rings is 1. The number of aromatic nitrogens is 4. The summed E-state index contributed by atoms with van der Waals surface area (Å²) in [5.41, 5.74) is 0.573. The summed E-state index contributed by atoms with van der Waals surface area (Å²) in [4.78, 5) is 21.4. The molecule has 0 saturated heterocycles. The number of hydrogen-bond donors (Lipinski definition) is 0. The molecular weight excluding hydrogens is 332 g/mol. The van der Waals surface area contributed by atoms with Crippen molar-refractivity contribution in [2.45, 2.75) is 46.0 Å². The van der Waals surface area contributed by atoms with E-state index in [0.29, 0.717) is 24.5 Å². The standard InChI is InChI=1S/C18H26N6O2/c1-12(2)26-17-8-14(6-7-19-17)18(25)24-11-16-21-20-13(3)23(16)10-15(24)9-22(4)5/h6-8,12,15H,9-11H2,1-5H3. The molecule has 1 amide bonds. The summed E-state index contributed by atoms with van der Waals surface area (Å²) in [6.45, 7) is 7.72. The summed E-state index contributed by atoms with van der Waals surface area (Å²) in [5.74, 6) is 2.12. The van der Waals surface area contributed by atoms with Gasteiger partial charge in [0.25, 0.3) is 5.91 Å². The lowest BCUT2D eigenvalue weighted by atomic mass is 10.1. The summed E-state index contributed by atoms with van der Waals surface area (Å²) < 4.78 is 7.72. The quantitative estimate of drug-likeness (QED) is 0.803. The molecule has 2 aromatic heterocycles. The lowest BCUT2D eigenvalue weighted by Gasteiger charge is -2.37. The minimum Gasteiger partial charge on any atom is -0.475 e. The number of carbonyl (C=O) groups excluding carboxylic acids is 1. The second-order valence-corrected chi connectivity index (χ2v) is 7.17. The van der Waals surface area contributed by atoms with Gasteiger partial charge in [-0.1, -0.05) is 0 Å². The highest BCUT2D eigenvalue weighted by molar-refractivity contribution is 5.94. The van der Waals surface area contributed by atoms with Crippen molar-refractivity contribution < 1.29 is 9.53 Å². The smallest absolute Gasteiger partial charge is 0.254 e. The van der Waals surface area contributed by atoms with E-state index in [2.05, 4.69) is 24.6 Å². The van der Waals surface area contributed by atoms with Crippen LogP contribution in [0.1, 0.15) is 35.9 Å². The second-order valence-electron chi connectivity index (χ2n) is 7.17. The predicted molar refractivity (Wildman–Crippen MR) is 97.0 cm³/mol. The van der Waals surface area contributed by atoms with Crippen LogP contribution in [-0.2, 0) is 13.1 Å². The zero-order valence-corrected chi connectivity index (χ0v) is 16.0. The Morgan fingerprint density at radius 3 is 2.85 bits per heavy atom. The number of amides is 1. The maximum Gasteiger partial charge on any atom is 0.254 e. The van der Waals surface area contributed by atoms with E-state index in [-0.39, 0.29) is 18.1 Å². The van der Waals surface area contributed by atoms with Crippen molar-refractivity contribution >= 4 is 5.91 Å². The van der Waals surface area contributed by atoms with Crippen LogP contribution in [-0.4, -0.2) is 68.2 Å². The predicted octanol–water partition coefficient (Wildman–Crippen LogP) is 1.35. The van der Waals surface area contributed by atoms with Crippen LogP contribution in [0.3, 0.4) is 0 Å². The molecule has 3 heterocycles. The fourth-order valence-electron chi connectivity index (χ4n) is 3.20. The van der Waals surface area contributed by atoms with Crippen LogP contribution in [0.4, 0.5) is 0 Å². The topological polar surface area (TPSA) is 76.4 Å². The molecular formula is C18H26N6O2. The number of nitrogens with zero attached hydrogens (tertiary/aromatic N) is 6. The van der Waals surface area contributed by atoms with E-state index >= 15 is 0 Å². The Hall–Kier alpha value is -2.48. The lowest BCUT2D eigenvalue weighted by Crippen LogP contribution is -2.51. The number of carbonyl (C=O) groups is 1. The molecule has 0 radical (unpaired) electrons. The van der Waals surface area contributed by atoms with Crippen LogP contribution < -0.4 is 4.74 Å². The Bertz CT molecular complexity index is 786. The Kier molecular flexibility index (Phi) is 5.22. The van der Waals surface area contributed by atoms with Gasteiger partial charge < -0.3 is 19.1 Å². The van der Waals surface area contributed by atoms with Crippen molar-refractivity contribution in [1.29, 1.82) is 0 Å². The van der Waals surface area contributed by atoms with Gasteiger partial charge in [0.05, 0.1) is 18.7 Å². The largest absolute Gasteiger partial charge is 0.475 e. The third-order valence-electron chi connectivity index (χ3n) is 4.33. The molecule has 0 bridgehead atoms. The molecule has 0 spiro atoms. The van der Waals surface area contributed by atoms with Gasteiger partial charge in [0.2, 0.25) is 5.88 Å². The molecule has 2 aromatic rings. The van der Waals surface area contributed by atoms with Gasteiger partial charge in [-0.25, -0.2) is 4.98 Å². The van der Waals surface area contributed by atoms with E-state index in [0.717, 1.165) is 18.2 Å². The van der Waals surface area contributed by atoms with E-state index in [4.69, 9.17) is 4.74 Å². The highest BCUT2D eigenvalue weighted by atomic mass is 16.5. The molecule has 0 aromatic carbocycles. The summed E-state index contributed by atoms with van der Waals surface area (Å²) >= 11 is 0. The Morgan fingerprint density at radius 2 is 2.15 bits per heavy atom. The monoisotopic (exact) mass is 358 g/mol. The first kappa shape index (κ1) is 18.3. The first-order valence-corrected chi connectivity index (χ1v) is 8.82. The van der Waals surface area contributed by atoms with Crippen molar-refractivity contribution in [1.82, 2.24) is 29.5 Å². The molecule has 1 atom stereocenters. The number of ether oxygens (including phenoxy) is 1. The molecule has 0 fully saturated rings. The summed E-state index contributed by atoms with van der Waals surface area (Å²) in [6, 6.07) is 3.48. The van der Waals surface area contributed by atoms with Gasteiger partial charge in [0.15, 0.2) is 5.82 Å². The van der Waals surface area contributed by atoms with E-state index in [1.54, 1.807) is 18.3 Å². The Morgan fingerprint density at radius 1 is 1.38 bits per heavy atom. The van der Waals surface area contributed by atoms with Crippen LogP contribution in [0.2, 0.25) is 0 Å². The SMILES string of the molecule is Cc1nnc2n1CC(CN(C)C)N(C(=O)c1ccnc(OC(C)C)c1)C2. The summed E-state index contributed by atoms with van der Waals surface area (Å²) in [5, 5.41) is 8.38. The highest BCUT2D eigenvalue weighted by Gasteiger charge is 2.32. The molecule has 1 aliphatic heterocycles. The minimum atomic E-state index is -0.0419. The number of rotatable bonds is 5. The van der Waals surface area contributed by atoms with E-state index in [1.165, 1.54) is 0 Å². The summed E-state index contributed by atoms with van der Waals surface area (Å²) in [7, 11) is 4.02. The first-order chi connectivity index (χ1) is 12.3. The third-order valence-corrected chi connectivity index (χ3v) is 4.33. The molecule has 140 valence electrons. The fourth-order valence-corrected chi connectivity index (χ4v) is 3.20.